The molecule has 5 aromatic rings. The first-order chi connectivity index (χ1) is 18.9. The van der Waals surface area contributed by atoms with Gasteiger partial charge in [-0.25, -0.2) is 9.78 Å². The molecule has 200 valence electrons. The van der Waals surface area contributed by atoms with Crippen molar-refractivity contribution in [2.24, 2.45) is 7.05 Å². The predicted molar refractivity (Wildman–Crippen MR) is 153 cm³/mol. The molecule has 1 fully saturated rings. The molecule has 0 N–H and O–H groups in total. The number of hydrogen-bond donors (Lipinski definition) is 0. The second-order valence-electron chi connectivity index (χ2n) is 10.3. The summed E-state index contributed by atoms with van der Waals surface area (Å²) in [4.78, 5) is 30.0. The molecule has 0 atom stereocenters. The molecule has 1 aromatic carbocycles. The SMILES string of the molecule is COCc1ncc(-c2ccc3ncc4c(c3c2)n(-c2ccc(N3CCC3)nc2C)c(=O)n4C)cc1OC(C)C. The van der Waals surface area contributed by atoms with Gasteiger partial charge in [0.25, 0.3) is 0 Å². The van der Waals surface area contributed by atoms with Crippen LogP contribution in [0.15, 0.2) is 53.6 Å². The van der Waals surface area contributed by atoms with Gasteiger partial charge in [0.05, 0.1) is 46.8 Å². The molecule has 0 saturated carbocycles. The number of methoxy groups -OCH3 is 1. The van der Waals surface area contributed by atoms with Crippen LogP contribution in [0, 0.1) is 6.92 Å². The Labute approximate surface area is 226 Å². The smallest absolute Gasteiger partial charge is 0.333 e. The van der Waals surface area contributed by atoms with E-state index in [1.807, 2.05) is 57.3 Å². The molecule has 5 heterocycles. The van der Waals surface area contributed by atoms with Crippen molar-refractivity contribution in [3.63, 3.8) is 0 Å². The highest BCUT2D eigenvalue weighted by Crippen LogP contribution is 2.33. The molecule has 0 unspecified atom stereocenters. The van der Waals surface area contributed by atoms with Crippen molar-refractivity contribution >= 4 is 27.8 Å². The summed E-state index contributed by atoms with van der Waals surface area (Å²) >= 11 is 0. The maximum atomic E-state index is 13.6. The highest BCUT2D eigenvalue weighted by atomic mass is 16.5. The number of benzene rings is 1. The van der Waals surface area contributed by atoms with Crippen LogP contribution in [0.2, 0.25) is 0 Å². The first kappa shape index (κ1) is 25.1. The van der Waals surface area contributed by atoms with Crippen LogP contribution in [0.4, 0.5) is 5.82 Å². The number of rotatable bonds is 7. The summed E-state index contributed by atoms with van der Waals surface area (Å²) < 4.78 is 14.8. The zero-order valence-electron chi connectivity index (χ0n) is 22.9. The van der Waals surface area contributed by atoms with Gasteiger partial charge in [0.1, 0.15) is 17.3 Å². The fraction of sp³-hybridized carbons (Fsp3) is 0.333. The molecule has 9 nitrogen and oxygen atoms in total. The number of hydrogen-bond acceptors (Lipinski definition) is 7. The Morgan fingerprint density at radius 1 is 1.03 bits per heavy atom. The van der Waals surface area contributed by atoms with Crippen molar-refractivity contribution in [3.8, 4) is 22.6 Å². The average Bonchev–Trinajstić information content (AvgIpc) is 3.14. The zero-order valence-corrected chi connectivity index (χ0v) is 22.9. The minimum Gasteiger partial charge on any atom is -0.489 e. The molecule has 9 heteroatoms. The maximum Gasteiger partial charge on any atom is 0.333 e. The second kappa shape index (κ2) is 9.81. The quantitative estimate of drug-likeness (QED) is 0.303. The van der Waals surface area contributed by atoms with Crippen molar-refractivity contribution in [1.82, 2.24) is 24.1 Å². The Bertz CT molecular complexity index is 1770. The standard InChI is InChI=1S/C30H32N6O3/c1-18(2)39-27-14-21(15-31-24(27)17-38-5)20-7-8-23-22(13-20)29-26(16-32-23)34(4)30(37)36(29)25-9-10-28(33-19(25)3)35-11-6-12-35/h7-10,13-16,18H,6,11-12,17H2,1-5H3. The number of imidazole rings is 1. The van der Waals surface area contributed by atoms with Gasteiger partial charge in [0.15, 0.2) is 0 Å². The number of fused-ring (bicyclic) bond motifs is 3. The first-order valence-electron chi connectivity index (χ1n) is 13.2. The average molecular weight is 525 g/mol. The first-order valence-corrected chi connectivity index (χ1v) is 13.2. The van der Waals surface area contributed by atoms with Crippen LogP contribution in [-0.2, 0) is 18.4 Å². The minimum absolute atomic E-state index is 0.00108. The van der Waals surface area contributed by atoms with Crippen LogP contribution in [0.1, 0.15) is 31.7 Å². The van der Waals surface area contributed by atoms with E-state index in [-0.39, 0.29) is 11.8 Å². The third-order valence-corrected chi connectivity index (χ3v) is 7.26. The fourth-order valence-electron chi connectivity index (χ4n) is 5.13. The van der Waals surface area contributed by atoms with E-state index >= 15 is 0 Å². The molecule has 0 aliphatic carbocycles. The van der Waals surface area contributed by atoms with Gasteiger partial charge < -0.3 is 14.4 Å². The molecule has 0 spiro atoms. The van der Waals surface area contributed by atoms with E-state index in [9.17, 15) is 4.79 Å². The normalized spacial score (nSPS) is 13.4. The highest BCUT2D eigenvalue weighted by molar-refractivity contribution is 6.04. The minimum atomic E-state index is -0.135. The van der Waals surface area contributed by atoms with Gasteiger partial charge in [0, 0.05) is 44.4 Å². The Balaban J connectivity index is 1.54. The fourth-order valence-corrected chi connectivity index (χ4v) is 5.13. The van der Waals surface area contributed by atoms with E-state index in [2.05, 4.69) is 20.9 Å². The van der Waals surface area contributed by atoms with Crippen LogP contribution in [-0.4, -0.2) is 50.4 Å². The molecule has 1 saturated heterocycles. The number of anilines is 1. The van der Waals surface area contributed by atoms with E-state index in [4.69, 9.17) is 14.5 Å². The maximum absolute atomic E-state index is 13.6. The zero-order chi connectivity index (χ0) is 27.3. The van der Waals surface area contributed by atoms with Gasteiger partial charge in [-0.3, -0.25) is 19.1 Å². The topological polar surface area (TPSA) is 87.3 Å². The van der Waals surface area contributed by atoms with Gasteiger partial charge >= 0.3 is 5.69 Å². The summed E-state index contributed by atoms with van der Waals surface area (Å²) in [5, 5.41) is 0.876. The lowest BCUT2D eigenvalue weighted by Crippen LogP contribution is -2.37. The lowest BCUT2D eigenvalue weighted by molar-refractivity contribution is 0.171. The molecular weight excluding hydrogens is 492 g/mol. The van der Waals surface area contributed by atoms with E-state index in [0.29, 0.717) is 12.4 Å². The van der Waals surface area contributed by atoms with Crippen molar-refractivity contribution < 1.29 is 9.47 Å². The van der Waals surface area contributed by atoms with Crippen LogP contribution >= 0.6 is 0 Å². The van der Waals surface area contributed by atoms with E-state index in [1.165, 1.54) is 6.42 Å². The van der Waals surface area contributed by atoms with Crippen LogP contribution in [0.5, 0.6) is 5.75 Å². The summed E-state index contributed by atoms with van der Waals surface area (Å²) in [6, 6.07) is 12.1. The van der Waals surface area contributed by atoms with Gasteiger partial charge in [-0.15, -0.1) is 0 Å². The van der Waals surface area contributed by atoms with Crippen molar-refractivity contribution in [2.45, 2.75) is 39.9 Å². The summed E-state index contributed by atoms with van der Waals surface area (Å²) in [5.74, 6) is 1.65. The van der Waals surface area contributed by atoms with Crippen LogP contribution in [0.3, 0.4) is 0 Å². The van der Waals surface area contributed by atoms with Crippen molar-refractivity contribution in [3.05, 3.63) is 70.7 Å². The third-order valence-electron chi connectivity index (χ3n) is 7.26. The largest absolute Gasteiger partial charge is 0.489 e. The molecular formula is C30H32N6O3. The number of aromatic nitrogens is 5. The molecule has 1 aliphatic heterocycles. The molecule has 0 bridgehead atoms. The molecule has 39 heavy (non-hydrogen) atoms. The van der Waals surface area contributed by atoms with Gasteiger partial charge in [0.2, 0.25) is 0 Å². The molecule has 6 rings (SSSR count). The Morgan fingerprint density at radius 2 is 1.85 bits per heavy atom. The van der Waals surface area contributed by atoms with Crippen molar-refractivity contribution in [2.75, 3.05) is 25.1 Å². The lowest BCUT2D eigenvalue weighted by atomic mass is 10.0. The van der Waals surface area contributed by atoms with Crippen LogP contribution < -0.4 is 15.3 Å². The van der Waals surface area contributed by atoms with E-state index in [0.717, 1.165) is 69.0 Å². The number of pyridine rings is 3. The van der Waals surface area contributed by atoms with Gasteiger partial charge in [-0.05, 0) is 63.1 Å². The Hall–Kier alpha value is -4.24. The number of ether oxygens (including phenoxy) is 2. The van der Waals surface area contributed by atoms with Gasteiger partial charge in [-0.1, -0.05) is 6.07 Å². The molecule has 0 amide bonds. The number of nitrogens with zero attached hydrogens (tertiary/aromatic N) is 6. The monoisotopic (exact) mass is 524 g/mol. The Morgan fingerprint density at radius 3 is 2.54 bits per heavy atom. The highest BCUT2D eigenvalue weighted by Gasteiger charge is 2.21. The van der Waals surface area contributed by atoms with E-state index in [1.54, 1.807) is 29.5 Å². The summed E-state index contributed by atoms with van der Waals surface area (Å²) in [5.41, 5.74) is 6.42. The van der Waals surface area contributed by atoms with Crippen LogP contribution in [0.25, 0.3) is 38.8 Å². The number of aryl methyl sites for hydroxylation is 2. The molecule has 1 aliphatic rings. The lowest BCUT2D eigenvalue weighted by Gasteiger charge is -2.32. The Kier molecular flexibility index (Phi) is 6.31. The predicted octanol–water partition coefficient (Wildman–Crippen LogP) is 4.79. The molecule has 0 radical (unpaired) electrons. The summed E-state index contributed by atoms with van der Waals surface area (Å²) in [6.07, 6.45) is 4.78. The third kappa shape index (κ3) is 4.32. The summed E-state index contributed by atoms with van der Waals surface area (Å²) in [6.45, 7) is 8.34. The molecule has 4 aromatic heterocycles. The van der Waals surface area contributed by atoms with Crippen molar-refractivity contribution in [1.29, 1.82) is 0 Å². The second-order valence-corrected chi connectivity index (χ2v) is 10.3. The van der Waals surface area contributed by atoms with Gasteiger partial charge in [-0.2, -0.15) is 0 Å². The van der Waals surface area contributed by atoms with E-state index < -0.39 is 0 Å². The summed E-state index contributed by atoms with van der Waals surface area (Å²) in [7, 11) is 3.43.